The van der Waals surface area contributed by atoms with E-state index in [0.29, 0.717) is 26.1 Å². The van der Waals surface area contributed by atoms with Crippen molar-refractivity contribution in [2.75, 3.05) is 27.4 Å². The van der Waals surface area contributed by atoms with Crippen molar-refractivity contribution in [2.45, 2.75) is 32.0 Å². The van der Waals surface area contributed by atoms with Gasteiger partial charge >= 0.3 is 12.1 Å². The van der Waals surface area contributed by atoms with E-state index in [1.54, 1.807) is 7.11 Å². The van der Waals surface area contributed by atoms with Crippen molar-refractivity contribution >= 4 is 18.0 Å². The van der Waals surface area contributed by atoms with Crippen molar-refractivity contribution in [2.24, 2.45) is 0 Å². The Morgan fingerprint density at radius 3 is 2.46 bits per heavy atom. The van der Waals surface area contributed by atoms with Crippen molar-refractivity contribution in [3.8, 4) is 0 Å². The predicted octanol–water partition coefficient (Wildman–Crippen LogP) is 1.81. The third-order valence-electron chi connectivity index (χ3n) is 3.52. The Morgan fingerprint density at radius 1 is 1.08 bits per heavy atom. The van der Waals surface area contributed by atoms with Crippen molar-refractivity contribution in [1.82, 2.24) is 5.32 Å². The molecule has 0 saturated heterocycles. The van der Waals surface area contributed by atoms with Gasteiger partial charge in [0.05, 0.1) is 19.8 Å². The molecule has 1 rings (SSSR count). The van der Waals surface area contributed by atoms with E-state index in [1.807, 2.05) is 30.3 Å². The van der Waals surface area contributed by atoms with Gasteiger partial charge in [0, 0.05) is 20.1 Å². The SMILES string of the molecule is COC(=O)OC(=O)CNC(=O)CCC(CCOCc1ccccc1)OC. The van der Waals surface area contributed by atoms with Gasteiger partial charge in [0.2, 0.25) is 5.91 Å². The molecule has 1 N–H and O–H groups in total. The smallest absolute Gasteiger partial charge is 0.437 e. The summed E-state index contributed by atoms with van der Waals surface area (Å²) in [5, 5.41) is 2.37. The first-order valence-corrected chi connectivity index (χ1v) is 8.25. The summed E-state index contributed by atoms with van der Waals surface area (Å²) in [6, 6.07) is 9.84. The standard InChI is InChI=1S/C18H25NO7/c1-23-15(10-11-25-13-14-6-4-3-5-7-14)8-9-16(20)19-12-17(21)26-18(22)24-2/h3-7,15H,8-13H2,1-2H3,(H,19,20). The minimum absolute atomic E-state index is 0.126. The molecule has 0 aliphatic rings. The van der Waals surface area contributed by atoms with Crippen LogP contribution in [0.5, 0.6) is 0 Å². The van der Waals surface area contributed by atoms with Crippen LogP contribution < -0.4 is 5.32 Å². The molecular formula is C18H25NO7. The van der Waals surface area contributed by atoms with E-state index in [4.69, 9.17) is 9.47 Å². The Labute approximate surface area is 152 Å². The van der Waals surface area contributed by atoms with Crippen LogP contribution in [0.2, 0.25) is 0 Å². The van der Waals surface area contributed by atoms with Gasteiger partial charge in [-0.3, -0.25) is 4.79 Å². The van der Waals surface area contributed by atoms with E-state index in [1.165, 1.54) is 0 Å². The van der Waals surface area contributed by atoms with E-state index in [-0.39, 0.29) is 18.4 Å². The molecule has 0 aliphatic heterocycles. The molecule has 0 fully saturated rings. The van der Waals surface area contributed by atoms with Crippen molar-refractivity contribution in [1.29, 1.82) is 0 Å². The van der Waals surface area contributed by atoms with Gasteiger partial charge in [0.1, 0.15) is 6.54 Å². The van der Waals surface area contributed by atoms with Gasteiger partial charge in [-0.15, -0.1) is 0 Å². The Kier molecular flexibility index (Phi) is 10.7. The van der Waals surface area contributed by atoms with Crippen LogP contribution in [-0.2, 0) is 35.1 Å². The van der Waals surface area contributed by atoms with Gasteiger partial charge in [-0.1, -0.05) is 30.3 Å². The Morgan fingerprint density at radius 2 is 1.81 bits per heavy atom. The molecule has 1 aromatic carbocycles. The number of benzene rings is 1. The van der Waals surface area contributed by atoms with Crippen LogP contribution in [-0.4, -0.2) is 51.5 Å². The summed E-state index contributed by atoms with van der Waals surface area (Å²) in [6.45, 7) is 0.645. The number of nitrogens with one attached hydrogen (secondary N) is 1. The molecule has 1 atom stereocenters. The lowest BCUT2D eigenvalue weighted by molar-refractivity contribution is -0.140. The maximum Gasteiger partial charge on any atom is 0.515 e. The zero-order chi connectivity index (χ0) is 19.2. The minimum atomic E-state index is -1.11. The van der Waals surface area contributed by atoms with Crippen LogP contribution in [0.25, 0.3) is 0 Å². The van der Waals surface area contributed by atoms with Gasteiger partial charge in [-0.2, -0.15) is 0 Å². The van der Waals surface area contributed by atoms with Gasteiger partial charge in [-0.25, -0.2) is 9.59 Å². The highest BCUT2D eigenvalue weighted by atomic mass is 16.7. The first-order valence-electron chi connectivity index (χ1n) is 8.25. The molecule has 0 saturated carbocycles. The van der Waals surface area contributed by atoms with E-state index < -0.39 is 18.7 Å². The molecule has 0 bridgehead atoms. The summed E-state index contributed by atoms with van der Waals surface area (Å²) in [5.74, 6) is -1.22. The summed E-state index contributed by atoms with van der Waals surface area (Å²) >= 11 is 0. The zero-order valence-electron chi connectivity index (χ0n) is 15.1. The van der Waals surface area contributed by atoms with Crippen LogP contribution in [0.15, 0.2) is 30.3 Å². The number of hydrogen-bond acceptors (Lipinski definition) is 7. The lowest BCUT2D eigenvalue weighted by Gasteiger charge is -2.15. The van der Waals surface area contributed by atoms with Crippen molar-refractivity contribution < 1.29 is 33.3 Å². The number of esters is 1. The average Bonchev–Trinajstić information content (AvgIpc) is 2.66. The second-order valence-corrected chi connectivity index (χ2v) is 5.43. The Balaban J connectivity index is 2.15. The summed E-state index contributed by atoms with van der Waals surface area (Å²) in [5.41, 5.74) is 1.10. The van der Waals surface area contributed by atoms with Crippen molar-refractivity contribution in [3.05, 3.63) is 35.9 Å². The predicted molar refractivity (Wildman–Crippen MR) is 92.3 cm³/mol. The third kappa shape index (κ3) is 9.75. The molecule has 0 aliphatic carbocycles. The van der Waals surface area contributed by atoms with Crippen LogP contribution in [0.3, 0.4) is 0 Å². The molecule has 8 nitrogen and oxygen atoms in total. The van der Waals surface area contributed by atoms with Gasteiger partial charge in [-0.05, 0) is 18.4 Å². The number of hydrogen-bond donors (Lipinski definition) is 1. The molecule has 26 heavy (non-hydrogen) atoms. The lowest BCUT2D eigenvalue weighted by atomic mass is 10.1. The van der Waals surface area contributed by atoms with E-state index >= 15 is 0 Å². The third-order valence-corrected chi connectivity index (χ3v) is 3.52. The molecule has 0 aromatic heterocycles. The summed E-state index contributed by atoms with van der Waals surface area (Å²) in [4.78, 5) is 33.7. The van der Waals surface area contributed by atoms with Crippen LogP contribution in [0.1, 0.15) is 24.8 Å². The molecule has 144 valence electrons. The fourth-order valence-electron chi connectivity index (χ4n) is 2.08. The number of methoxy groups -OCH3 is 2. The number of carbonyl (C=O) groups excluding carboxylic acids is 3. The molecular weight excluding hydrogens is 342 g/mol. The summed E-state index contributed by atoms with van der Waals surface area (Å²) < 4.78 is 19.3. The Bertz CT molecular complexity index is 562. The first kappa shape index (κ1) is 21.6. The topological polar surface area (TPSA) is 100 Å². The van der Waals surface area contributed by atoms with Gasteiger partial charge in [0.15, 0.2) is 0 Å². The Hall–Kier alpha value is -2.45. The highest BCUT2D eigenvalue weighted by Gasteiger charge is 2.14. The van der Waals surface area contributed by atoms with Crippen LogP contribution in [0.4, 0.5) is 4.79 Å². The largest absolute Gasteiger partial charge is 0.515 e. The van der Waals surface area contributed by atoms with Crippen molar-refractivity contribution in [3.63, 3.8) is 0 Å². The summed E-state index contributed by atoms with van der Waals surface area (Å²) in [7, 11) is 2.66. The summed E-state index contributed by atoms with van der Waals surface area (Å²) in [6.07, 6.45) is 0.0880. The van der Waals surface area contributed by atoms with E-state index in [0.717, 1.165) is 12.7 Å². The second-order valence-electron chi connectivity index (χ2n) is 5.43. The van der Waals surface area contributed by atoms with Crippen LogP contribution in [0, 0.1) is 0 Å². The lowest BCUT2D eigenvalue weighted by Crippen LogP contribution is -2.32. The molecule has 0 spiro atoms. The van der Waals surface area contributed by atoms with Gasteiger partial charge in [0.25, 0.3) is 0 Å². The molecule has 0 heterocycles. The molecule has 1 aromatic rings. The van der Waals surface area contributed by atoms with E-state index in [9.17, 15) is 14.4 Å². The number of amides is 1. The molecule has 1 amide bonds. The fourth-order valence-corrected chi connectivity index (χ4v) is 2.08. The highest BCUT2D eigenvalue weighted by Crippen LogP contribution is 2.08. The van der Waals surface area contributed by atoms with Gasteiger partial charge < -0.3 is 24.3 Å². The number of ether oxygens (including phenoxy) is 4. The molecule has 0 radical (unpaired) electrons. The minimum Gasteiger partial charge on any atom is -0.437 e. The maximum absolute atomic E-state index is 11.7. The normalized spacial score (nSPS) is 11.5. The zero-order valence-corrected chi connectivity index (χ0v) is 15.1. The highest BCUT2D eigenvalue weighted by molar-refractivity contribution is 5.86. The number of carbonyl (C=O) groups is 3. The first-order chi connectivity index (χ1) is 12.5. The van der Waals surface area contributed by atoms with E-state index in [2.05, 4.69) is 14.8 Å². The van der Waals surface area contributed by atoms with Crippen LogP contribution >= 0.6 is 0 Å². The molecule has 1 unspecified atom stereocenters. The quantitative estimate of drug-likeness (QED) is 0.362. The number of rotatable bonds is 11. The fraction of sp³-hybridized carbons (Fsp3) is 0.500. The second kappa shape index (κ2) is 12.8. The molecule has 8 heteroatoms. The maximum atomic E-state index is 11.7. The average molecular weight is 367 g/mol. The monoisotopic (exact) mass is 367 g/mol.